The van der Waals surface area contributed by atoms with Crippen LogP contribution in [0.15, 0.2) is 96.1 Å². The third kappa shape index (κ3) is 8.48. The molecule has 0 heterocycles. The molecule has 10 heteroatoms. The van der Waals surface area contributed by atoms with E-state index in [0.717, 1.165) is 5.56 Å². The molecular weight excluding hydrogens is 567 g/mol. The molecule has 0 aliphatic heterocycles. The van der Waals surface area contributed by atoms with Crippen LogP contribution in [0.4, 0.5) is 0 Å². The molecule has 0 bridgehead atoms. The standard InChI is InChI=1S/C31H26Cl2N2O6/c1-20(40-25-12-10-24(11-13-25)39-19-21-6-4-3-5-7-21)30(36)35-34-18-22-8-15-28(29(16-22)38-2)41-31(37)23-9-14-26(32)27(33)17-23/h3-18,20H,19H2,1-2H3,(H,35,36)/b34-18+. The molecule has 0 spiro atoms. The zero-order valence-corrected chi connectivity index (χ0v) is 23.7. The average Bonchev–Trinajstić information content (AvgIpc) is 2.99. The van der Waals surface area contributed by atoms with Gasteiger partial charge in [-0.05, 0) is 78.7 Å². The van der Waals surface area contributed by atoms with Gasteiger partial charge in [-0.25, -0.2) is 10.2 Å². The molecule has 0 fully saturated rings. The second-order valence-corrected chi connectivity index (χ2v) is 9.48. The highest BCUT2D eigenvalue weighted by Crippen LogP contribution is 2.29. The molecule has 1 amide bonds. The number of rotatable bonds is 11. The third-order valence-corrected chi connectivity index (χ3v) is 6.43. The van der Waals surface area contributed by atoms with Crippen molar-refractivity contribution < 1.29 is 28.5 Å². The van der Waals surface area contributed by atoms with Crippen LogP contribution in [0, 0.1) is 0 Å². The smallest absolute Gasteiger partial charge is 0.343 e. The number of hydrogen-bond acceptors (Lipinski definition) is 7. The summed E-state index contributed by atoms with van der Waals surface area (Å²) in [6.07, 6.45) is 0.622. The molecule has 210 valence electrons. The van der Waals surface area contributed by atoms with E-state index in [0.29, 0.717) is 34.4 Å². The molecule has 8 nitrogen and oxygen atoms in total. The lowest BCUT2D eigenvalue weighted by molar-refractivity contribution is -0.127. The third-order valence-electron chi connectivity index (χ3n) is 5.69. The molecule has 41 heavy (non-hydrogen) atoms. The van der Waals surface area contributed by atoms with Crippen molar-refractivity contribution in [2.75, 3.05) is 7.11 Å². The first kappa shape index (κ1) is 29.5. The first-order valence-corrected chi connectivity index (χ1v) is 13.2. The summed E-state index contributed by atoms with van der Waals surface area (Å²) >= 11 is 11.9. The molecule has 4 rings (SSSR count). The molecule has 0 saturated carbocycles. The molecule has 0 radical (unpaired) electrons. The Labute approximate surface area is 247 Å². The van der Waals surface area contributed by atoms with Gasteiger partial charge in [-0.1, -0.05) is 53.5 Å². The normalized spacial score (nSPS) is 11.5. The monoisotopic (exact) mass is 592 g/mol. The number of nitrogens with one attached hydrogen (secondary N) is 1. The zero-order chi connectivity index (χ0) is 29.2. The fourth-order valence-electron chi connectivity index (χ4n) is 3.51. The minimum absolute atomic E-state index is 0.197. The summed E-state index contributed by atoms with van der Waals surface area (Å²) in [5.41, 5.74) is 4.34. The quantitative estimate of drug-likeness (QED) is 0.0899. The Bertz CT molecular complexity index is 1530. The van der Waals surface area contributed by atoms with E-state index in [1.807, 2.05) is 30.3 Å². The Morgan fingerprint density at radius 2 is 1.61 bits per heavy atom. The highest BCUT2D eigenvalue weighted by atomic mass is 35.5. The molecule has 1 atom stereocenters. The minimum atomic E-state index is -0.805. The van der Waals surface area contributed by atoms with Crippen LogP contribution in [-0.4, -0.2) is 31.3 Å². The maximum absolute atomic E-state index is 12.5. The molecule has 0 aliphatic carbocycles. The van der Waals surface area contributed by atoms with Crippen molar-refractivity contribution in [1.82, 2.24) is 5.43 Å². The van der Waals surface area contributed by atoms with Crippen molar-refractivity contribution in [3.05, 3.63) is 118 Å². The van der Waals surface area contributed by atoms with Crippen LogP contribution >= 0.6 is 23.2 Å². The Hall–Kier alpha value is -4.53. The predicted octanol–water partition coefficient (Wildman–Crippen LogP) is 6.72. The van der Waals surface area contributed by atoms with E-state index in [-0.39, 0.29) is 16.3 Å². The van der Waals surface area contributed by atoms with Gasteiger partial charge in [0.05, 0.1) is 28.9 Å². The molecule has 0 aliphatic rings. The number of halogens is 2. The molecular formula is C31H26Cl2N2O6. The number of esters is 1. The number of carbonyl (C=O) groups excluding carboxylic acids is 2. The highest BCUT2D eigenvalue weighted by Gasteiger charge is 2.16. The topological polar surface area (TPSA) is 95.5 Å². The van der Waals surface area contributed by atoms with Crippen molar-refractivity contribution in [1.29, 1.82) is 0 Å². The van der Waals surface area contributed by atoms with Gasteiger partial charge in [0.25, 0.3) is 5.91 Å². The van der Waals surface area contributed by atoms with E-state index in [1.54, 1.807) is 49.4 Å². The van der Waals surface area contributed by atoms with Gasteiger partial charge in [0, 0.05) is 0 Å². The van der Waals surface area contributed by atoms with Crippen LogP contribution < -0.4 is 24.4 Å². The van der Waals surface area contributed by atoms with E-state index in [2.05, 4.69) is 10.5 Å². The molecule has 4 aromatic carbocycles. The van der Waals surface area contributed by atoms with E-state index in [4.69, 9.17) is 42.1 Å². The largest absolute Gasteiger partial charge is 0.493 e. The maximum Gasteiger partial charge on any atom is 0.343 e. The van der Waals surface area contributed by atoms with Crippen LogP contribution in [0.3, 0.4) is 0 Å². The highest BCUT2D eigenvalue weighted by molar-refractivity contribution is 6.42. The maximum atomic E-state index is 12.5. The van der Waals surface area contributed by atoms with Crippen molar-refractivity contribution in [2.24, 2.45) is 5.10 Å². The summed E-state index contributed by atoms with van der Waals surface area (Å²) in [7, 11) is 1.44. The number of carbonyl (C=O) groups is 2. The lowest BCUT2D eigenvalue weighted by atomic mass is 10.2. The van der Waals surface area contributed by atoms with Gasteiger partial charge in [-0.2, -0.15) is 5.10 Å². The lowest BCUT2D eigenvalue weighted by Gasteiger charge is -2.13. The summed E-state index contributed by atoms with van der Waals surface area (Å²) < 4.78 is 22.3. The Kier molecular flexibility index (Phi) is 10.2. The molecule has 1 N–H and O–H groups in total. The summed E-state index contributed by atoms with van der Waals surface area (Å²) in [6.45, 7) is 2.07. The van der Waals surface area contributed by atoms with Gasteiger partial charge in [-0.3, -0.25) is 4.79 Å². The fourth-order valence-corrected chi connectivity index (χ4v) is 3.80. The van der Waals surface area contributed by atoms with Crippen LogP contribution in [-0.2, 0) is 11.4 Å². The van der Waals surface area contributed by atoms with Crippen molar-refractivity contribution in [2.45, 2.75) is 19.6 Å². The summed E-state index contributed by atoms with van der Waals surface area (Å²) in [5.74, 6) is 0.626. The summed E-state index contributed by atoms with van der Waals surface area (Å²) in [5, 5.41) is 4.56. The number of benzene rings is 4. The number of nitrogens with zero attached hydrogens (tertiary/aromatic N) is 1. The summed E-state index contributed by atoms with van der Waals surface area (Å²) in [4.78, 5) is 25.0. The Morgan fingerprint density at radius 3 is 2.32 bits per heavy atom. The SMILES string of the molecule is COc1cc(/C=N/NC(=O)C(C)Oc2ccc(OCc3ccccc3)cc2)ccc1OC(=O)c1ccc(Cl)c(Cl)c1. The first-order valence-electron chi connectivity index (χ1n) is 12.4. The van der Waals surface area contributed by atoms with E-state index in [1.165, 1.54) is 31.5 Å². The zero-order valence-electron chi connectivity index (χ0n) is 22.2. The fraction of sp³-hybridized carbons (Fsp3) is 0.129. The number of methoxy groups -OCH3 is 1. The molecule has 0 aromatic heterocycles. The number of amides is 1. The second kappa shape index (κ2) is 14.2. The van der Waals surface area contributed by atoms with Crippen molar-refractivity contribution >= 4 is 41.3 Å². The van der Waals surface area contributed by atoms with Gasteiger partial charge in [0.1, 0.15) is 18.1 Å². The van der Waals surface area contributed by atoms with Crippen LogP contribution in [0.2, 0.25) is 10.0 Å². The number of hydrogen-bond donors (Lipinski definition) is 1. The van der Waals surface area contributed by atoms with Crippen LogP contribution in [0.1, 0.15) is 28.4 Å². The van der Waals surface area contributed by atoms with Crippen molar-refractivity contribution in [3.63, 3.8) is 0 Å². The lowest BCUT2D eigenvalue weighted by Crippen LogP contribution is -2.33. The first-order chi connectivity index (χ1) is 19.8. The van der Waals surface area contributed by atoms with Gasteiger partial charge in [0.2, 0.25) is 0 Å². The van der Waals surface area contributed by atoms with Crippen molar-refractivity contribution in [3.8, 4) is 23.0 Å². The van der Waals surface area contributed by atoms with Crippen LogP contribution in [0.5, 0.6) is 23.0 Å². The van der Waals surface area contributed by atoms with Crippen LogP contribution in [0.25, 0.3) is 0 Å². The molecule has 1 unspecified atom stereocenters. The average molecular weight is 593 g/mol. The van der Waals surface area contributed by atoms with Gasteiger partial charge in [0.15, 0.2) is 17.6 Å². The summed E-state index contributed by atoms with van der Waals surface area (Å²) in [6, 6.07) is 26.1. The second-order valence-electron chi connectivity index (χ2n) is 8.67. The van der Waals surface area contributed by atoms with E-state index >= 15 is 0 Å². The van der Waals surface area contributed by atoms with E-state index in [9.17, 15) is 9.59 Å². The minimum Gasteiger partial charge on any atom is -0.493 e. The molecule has 4 aromatic rings. The molecule has 0 saturated heterocycles. The Morgan fingerprint density at radius 1 is 0.878 bits per heavy atom. The predicted molar refractivity (Wildman–Crippen MR) is 157 cm³/mol. The number of hydrazone groups is 1. The van der Waals surface area contributed by atoms with Gasteiger partial charge in [-0.15, -0.1) is 0 Å². The van der Waals surface area contributed by atoms with E-state index < -0.39 is 18.0 Å². The number of ether oxygens (including phenoxy) is 4. The Balaban J connectivity index is 1.28. The van der Waals surface area contributed by atoms with Gasteiger partial charge >= 0.3 is 5.97 Å². The van der Waals surface area contributed by atoms with Gasteiger partial charge < -0.3 is 18.9 Å².